The predicted octanol–water partition coefficient (Wildman–Crippen LogP) is 3.20. The van der Waals surface area contributed by atoms with Crippen LogP contribution < -0.4 is 5.32 Å². The molecule has 0 fully saturated rings. The van der Waals surface area contributed by atoms with Gasteiger partial charge in [-0.25, -0.2) is 22.5 Å². The standard InChI is InChI=1S/C11H9F4N3/c1-2-18-4-3-16-11(18)17-10-8(14)6(12)5-7(13)9(10)15/h3-5H,2H2,1H3,(H,16,17). The first-order chi connectivity index (χ1) is 8.54. The van der Waals surface area contributed by atoms with Crippen LogP contribution in [-0.4, -0.2) is 9.55 Å². The maximum Gasteiger partial charge on any atom is 0.207 e. The SMILES string of the molecule is CCn1ccnc1Nc1c(F)c(F)cc(F)c1F. The topological polar surface area (TPSA) is 29.9 Å². The molecule has 96 valence electrons. The van der Waals surface area contributed by atoms with Crippen LogP contribution in [0.15, 0.2) is 18.5 Å². The summed E-state index contributed by atoms with van der Waals surface area (Å²) in [6.07, 6.45) is 2.96. The maximum atomic E-state index is 13.4. The zero-order valence-corrected chi connectivity index (χ0v) is 9.35. The number of hydrogen-bond donors (Lipinski definition) is 1. The van der Waals surface area contributed by atoms with Gasteiger partial charge in [0.2, 0.25) is 5.95 Å². The summed E-state index contributed by atoms with van der Waals surface area (Å²) in [4.78, 5) is 3.80. The van der Waals surface area contributed by atoms with E-state index in [-0.39, 0.29) is 12.0 Å². The fraction of sp³-hybridized carbons (Fsp3) is 0.182. The Hall–Kier alpha value is -2.05. The smallest absolute Gasteiger partial charge is 0.207 e. The average molecular weight is 259 g/mol. The van der Waals surface area contributed by atoms with Crippen LogP contribution in [-0.2, 0) is 6.54 Å². The van der Waals surface area contributed by atoms with Gasteiger partial charge in [0.05, 0.1) is 0 Å². The molecule has 1 heterocycles. The van der Waals surface area contributed by atoms with Crippen LogP contribution >= 0.6 is 0 Å². The second-order valence-corrected chi connectivity index (χ2v) is 3.51. The molecule has 0 amide bonds. The van der Waals surface area contributed by atoms with Crippen molar-refractivity contribution in [3.8, 4) is 0 Å². The summed E-state index contributed by atoms with van der Waals surface area (Å²) in [5, 5.41) is 2.24. The number of nitrogens with one attached hydrogen (secondary N) is 1. The lowest BCUT2D eigenvalue weighted by atomic mass is 10.2. The zero-order chi connectivity index (χ0) is 13.3. The number of aryl methyl sites for hydroxylation is 1. The van der Waals surface area contributed by atoms with Crippen LogP contribution in [0.3, 0.4) is 0 Å². The van der Waals surface area contributed by atoms with E-state index < -0.39 is 29.0 Å². The summed E-state index contributed by atoms with van der Waals surface area (Å²) in [6.45, 7) is 2.27. The quantitative estimate of drug-likeness (QED) is 0.677. The Balaban J connectivity index is 2.46. The molecule has 0 saturated heterocycles. The molecule has 18 heavy (non-hydrogen) atoms. The third-order valence-electron chi connectivity index (χ3n) is 2.40. The Labute approximate surface area is 100 Å². The molecule has 2 rings (SSSR count). The van der Waals surface area contributed by atoms with Gasteiger partial charge in [-0.05, 0) is 6.92 Å². The fourth-order valence-corrected chi connectivity index (χ4v) is 1.48. The fourth-order valence-electron chi connectivity index (χ4n) is 1.48. The Morgan fingerprint density at radius 3 is 2.33 bits per heavy atom. The number of nitrogens with zero attached hydrogens (tertiary/aromatic N) is 2. The molecule has 0 spiro atoms. The summed E-state index contributed by atoms with van der Waals surface area (Å²) in [5.41, 5.74) is -0.895. The molecule has 0 bridgehead atoms. The lowest BCUT2D eigenvalue weighted by molar-refractivity contribution is 0.459. The lowest BCUT2D eigenvalue weighted by Gasteiger charge is -2.10. The molecule has 3 nitrogen and oxygen atoms in total. The molecule has 1 N–H and O–H groups in total. The van der Waals surface area contributed by atoms with Gasteiger partial charge in [-0.15, -0.1) is 0 Å². The van der Waals surface area contributed by atoms with Gasteiger partial charge in [-0.2, -0.15) is 0 Å². The molecular weight excluding hydrogens is 250 g/mol. The number of rotatable bonds is 3. The first-order valence-electron chi connectivity index (χ1n) is 5.15. The summed E-state index contributed by atoms with van der Waals surface area (Å²) in [6, 6.07) is 0.155. The number of benzene rings is 1. The van der Waals surface area contributed by atoms with Crippen LogP contribution in [0.1, 0.15) is 6.92 Å². The Morgan fingerprint density at radius 1 is 1.17 bits per heavy atom. The van der Waals surface area contributed by atoms with E-state index in [1.165, 1.54) is 10.8 Å². The van der Waals surface area contributed by atoms with Crippen molar-refractivity contribution in [2.45, 2.75) is 13.5 Å². The lowest BCUT2D eigenvalue weighted by Crippen LogP contribution is -2.07. The molecule has 0 atom stereocenters. The van der Waals surface area contributed by atoms with Crippen molar-refractivity contribution >= 4 is 11.6 Å². The van der Waals surface area contributed by atoms with E-state index in [1.807, 2.05) is 0 Å². The summed E-state index contributed by atoms with van der Waals surface area (Å²) in [7, 11) is 0. The van der Waals surface area contributed by atoms with Gasteiger partial charge in [0.25, 0.3) is 0 Å². The van der Waals surface area contributed by atoms with E-state index in [9.17, 15) is 17.6 Å². The zero-order valence-electron chi connectivity index (χ0n) is 9.35. The minimum Gasteiger partial charge on any atom is -0.321 e. The van der Waals surface area contributed by atoms with Crippen LogP contribution in [0.4, 0.5) is 29.2 Å². The Kier molecular flexibility index (Phi) is 3.22. The van der Waals surface area contributed by atoms with E-state index in [0.717, 1.165) is 0 Å². The van der Waals surface area contributed by atoms with Crippen molar-refractivity contribution < 1.29 is 17.6 Å². The summed E-state index contributed by atoms with van der Waals surface area (Å²) < 4.78 is 54.3. The molecule has 2 aromatic rings. The third kappa shape index (κ3) is 2.03. The van der Waals surface area contributed by atoms with Crippen LogP contribution in [0, 0.1) is 23.3 Å². The van der Waals surface area contributed by atoms with Crippen molar-refractivity contribution in [3.63, 3.8) is 0 Å². The van der Waals surface area contributed by atoms with Crippen LogP contribution in [0.25, 0.3) is 0 Å². The largest absolute Gasteiger partial charge is 0.321 e. The van der Waals surface area contributed by atoms with Gasteiger partial charge in [0.15, 0.2) is 23.3 Å². The summed E-state index contributed by atoms with van der Waals surface area (Å²) >= 11 is 0. The molecule has 0 saturated carbocycles. The highest BCUT2D eigenvalue weighted by atomic mass is 19.2. The van der Waals surface area contributed by atoms with Crippen molar-refractivity contribution in [2.24, 2.45) is 0 Å². The Bertz CT molecular complexity index is 554. The minimum absolute atomic E-state index is 0.0975. The molecule has 0 unspecified atom stereocenters. The van der Waals surface area contributed by atoms with Crippen LogP contribution in [0.5, 0.6) is 0 Å². The van der Waals surface area contributed by atoms with Gasteiger partial charge < -0.3 is 9.88 Å². The van der Waals surface area contributed by atoms with Gasteiger partial charge >= 0.3 is 0 Å². The highest BCUT2D eigenvalue weighted by Crippen LogP contribution is 2.26. The highest BCUT2D eigenvalue weighted by molar-refractivity contribution is 5.56. The van der Waals surface area contributed by atoms with Gasteiger partial charge in [-0.3, -0.25) is 0 Å². The first-order valence-corrected chi connectivity index (χ1v) is 5.15. The monoisotopic (exact) mass is 259 g/mol. The van der Waals surface area contributed by atoms with Crippen LogP contribution in [0.2, 0.25) is 0 Å². The number of hydrogen-bond acceptors (Lipinski definition) is 2. The number of halogens is 4. The van der Waals surface area contributed by atoms with E-state index in [0.29, 0.717) is 6.54 Å². The van der Waals surface area contributed by atoms with Gasteiger partial charge in [-0.1, -0.05) is 0 Å². The van der Waals surface area contributed by atoms with Gasteiger partial charge in [0, 0.05) is 25.0 Å². The minimum atomic E-state index is -1.49. The van der Waals surface area contributed by atoms with Crippen molar-refractivity contribution in [2.75, 3.05) is 5.32 Å². The van der Waals surface area contributed by atoms with E-state index in [4.69, 9.17) is 0 Å². The second kappa shape index (κ2) is 4.67. The molecule has 0 aliphatic carbocycles. The second-order valence-electron chi connectivity index (χ2n) is 3.51. The molecule has 0 radical (unpaired) electrons. The first kappa shape index (κ1) is 12.4. The van der Waals surface area contributed by atoms with Crippen molar-refractivity contribution in [1.29, 1.82) is 0 Å². The predicted molar refractivity (Wildman–Crippen MR) is 57.5 cm³/mol. The number of imidazole rings is 1. The molecule has 7 heteroatoms. The molecule has 0 aliphatic heterocycles. The average Bonchev–Trinajstić information content (AvgIpc) is 2.79. The number of anilines is 2. The number of aromatic nitrogens is 2. The third-order valence-corrected chi connectivity index (χ3v) is 2.40. The molecule has 1 aromatic heterocycles. The van der Waals surface area contributed by atoms with E-state index in [1.54, 1.807) is 13.1 Å². The maximum absolute atomic E-state index is 13.4. The van der Waals surface area contributed by atoms with Gasteiger partial charge in [0.1, 0.15) is 5.69 Å². The molecule has 1 aromatic carbocycles. The van der Waals surface area contributed by atoms with Crippen molar-refractivity contribution in [1.82, 2.24) is 9.55 Å². The van der Waals surface area contributed by atoms with Crippen molar-refractivity contribution in [3.05, 3.63) is 41.7 Å². The van der Waals surface area contributed by atoms with E-state index in [2.05, 4.69) is 10.3 Å². The van der Waals surface area contributed by atoms with E-state index >= 15 is 0 Å². The molecule has 0 aliphatic rings. The summed E-state index contributed by atoms with van der Waals surface area (Å²) in [5.74, 6) is -5.81. The Morgan fingerprint density at radius 2 is 1.78 bits per heavy atom. The molecular formula is C11H9F4N3. The highest BCUT2D eigenvalue weighted by Gasteiger charge is 2.20. The normalized spacial score (nSPS) is 10.7.